The molecule has 0 saturated carbocycles. The van der Waals surface area contributed by atoms with E-state index in [1.54, 1.807) is 0 Å². The average molecular weight is 254 g/mol. The number of nitrogen functional groups attached to an aromatic ring is 1. The highest BCUT2D eigenvalue weighted by Gasteiger charge is 2.14. The first-order chi connectivity index (χ1) is 8.16. The molecule has 1 saturated heterocycles. The zero-order valence-corrected chi connectivity index (χ0v) is 11.1. The molecular formula is C13H20ClN3. The maximum Gasteiger partial charge on any atom is 0.0471 e. The molecule has 17 heavy (non-hydrogen) atoms. The molecule has 2 rings (SSSR count). The van der Waals surface area contributed by atoms with E-state index < -0.39 is 0 Å². The number of nitrogens with two attached hydrogens (primary N) is 1. The number of likely N-dealkylation sites (N-methyl/N-ethyl adjacent to an activating group) is 1. The first-order valence-corrected chi connectivity index (χ1v) is 6.48. The third-order valence-corrected chi connectivity index (χ3v) is 3.70. The van der Waals surface area contributed by atoms with Gasteiger partial charge in [-0.05, 0) is 38.7 Å². The lowest BCUT2D eigenvalue weighted by Gasteiger charge is -2.21. The van der Waals surface area contributed by atoms with Crippen molar-refractivity contribution in [2.45, 2.75) is 13.0 Å². The van der Waals surface area contributed by atoms with Crippen molar-refractivity contribution in [1.82, 2.24) is 9.80 Å². The van der Waals surface area contributed by atoms with Gasteiger partial charge in [0.15, 0.2) is 0 Å². The van der Waals surface area contributed by atoms with Gasteiger partial charge in [0.05, 0.1) is 0 Å². The fourth-order valence-electron chi connectivity index (χ4n) is 2.22. The van der Waals surface area contributed by atoms with Gasteiger partial charge in [0, 0.05) is 35.9 Å². The van der Waals surface area contributed by atoms with Gasteiger partial charge in [-0.3, -0.25) is 4.90 Å². The van der Waals surface area contributed by atoms with Crippen molar-refractivity contribution in [2.24, 2.45) is 0 Å². The van der Waals surface area contributed by atoms with Crippen molar-refractivity contribution in [3.05, 3.63) is 28.8 Å². The Bertz CT molecular complexity index is 361. The van der Waals surface area contributed by atoms with Crippen LogP contribution in [-0.4, -0.2) is 43.0 Å². The minimum atomic E-state index is 0.780. The molecule has 94 valence electrons. The smallest absolute Gasteiger partial charge is 0.0471 e. The Labute approximate surface area is 108 Å². The second-order valence-corrected chi connectivity index (χ2v) is 5.15. The van der Waals surface area contributed by atoms with Gasteiger partial charge in [0.2, 0.25) is 0 Å². The van der Waals surface area contributed by atoms with E-state index in [-0.39, 0.29) is 0 Å². The van der Waals surface area contributed by atoms with Gasteiger partial charge in [-0.15, -0.1) is 0 Å². The quantitative estimate of drug-likeness (QED) is 0.819. The zero-order chi connectivity index (χ0) is 12.3. The van der Waals surface area contributed by atoms with Crippen molar-refractivity contribution in [3.8, 4) is 0 Å². The van der Waals surface area contributed by atoms with Crippen molar-refractivity contribution >= 4 is 17.3 Å². The number of halogens is 1. The standard InChI is InChI=1S/C13H20ClN3/c1-16-6-3-7-17(9-8-16)10-11-12(14)4-2-5-13(11)15/h2,4-5H,3,6-10,15H2,1H3. The molecule has 1 aliphatic rings. The number of benzene rings is 1. The van der Waals surface area contributed by atoms with Crippen molar-refractivity contribution < 1.29 is 0 Å². The van der Waals surface area contributed by atoms with E-state index in [0.29, 0.717) is 0 Å². The zero-order valence-electron chi connectivity index (χ0n) is 10.3. The van der Waals surface area contributed by atoms with Crippen LogP contribution in [-0.2, 0) is 6.54 Å². The van der Waals surface area contributed by atoms with Gasteiger partial charge in [-0.2, -0.15) is 0 Å². The lowest BCUT2D eigenvalue weighted by molar-refractivity contribution is 0.270. The molecule has 0 spiro atoms. The lowest BCUT2D eigenvalue weighted by Crippen LogP contribution is -2.28. The highest BCUT2D eigenvalue weighted by atomic mass is 35.5. The van der Waals surface area contributed by atoms with Gasteiger partial charge in [-0.1, -0.05) is 17.7 Å². The number of anilines is 1. The second kappa shape index (κ2) is 5.71. The Hall–Kier alpha value is -0.770. The summed E-state index contributed by atoms with van der Waals surface area (Å²) in [5.41, 5.74) is 7.85. The third kappa shape index (κ3) is 3.35. The van der Waals surface area contributed by atoms with Crippen LogP contribution in [0.15, 0.2) is 18.2 Å². The predicted molar refractivity (Wildman–Crippen MR) is 73.3 cm³/mol. The molecule has 1 fully saturated rings. The minimum absolute atomic E-state index is 0.780. The first kappa shape index (κ1) is 12.7. The largest absolute Gasteiger partial charge is 0.398 e. The van der Waals surface area contributed by atoms with Crippen molar-refractivity contribution in [3.63, 3.8) is 0 Å². The summed E-state index contributed by atoms with van der Waals surface area (Å²) in [6.07, 6.45) is 1.21. The number of nitrogens with zero attached hydrogens (tertiary/aromatic N) is 2. The minimum Gasteiger partial charge on any atom is -0.398 e. The molecule has 1 aliphatic heterocycles. The summed E-state index contributed by atoms with van der Waals surface area (Å²) in [7, 11) is 2.17. The van der Waals surface area contributed by atoms with Gasteiger partial charge in [-0.25, -0.2) is 0 Å². The summed E-state index contributed by atoms with van der Waals surface area (Å²) in [6, 6.07) is 5.74. The van der Waals surface area contributed by atoms with E-state index >= 15 is 0 Å². The topological polar surface area (TPSA) is 32.5 Å². The maximum atomic E-state index is 6.20. The summed E-state index contributed by atoms with van der Waals surface area (Å²) < 4.78 is 0. The molecule has 0 amide bonds. The average Bonchev–Trinajstić information content (AvgIpc) is 2.49. The molecule has 1 heterocycles. The summed E-state index contributed by atoms with van der Waals surface area (Å²) >= 11 is 6.20. The molecule has 2 N–H and O–H groups in total. The van der Waals surface area contributed by atoms with Gasteiger partial charge in [0.25, 0.3) is 0 Å². The van der Waals surface area contributed by atoms with E-state index in [0.717, 1.165) is 42.5 Å². The van der Waals surface area contributed by atoms with Crippen LogP contribution >= 0.6 is 11.6 Å². The van der Waals surface area contributed by atoms with E-state index in [4.69, 9.17) is 17.3 Å². The Morgan fingerprint density at radius 3 is 2.82 bits per heavy atom. The van der Waals surface area contributed by atoms with Gasteiger partial charge in [0.1, 0.15) is 0 Å². The second-order valence-electron chi connectivity index (χ2n) is 4.74. The SMILES string of the molecule is CN1CCCN(Cc2c(N)cccc2Cl)CC1. The van der Waals surface area contributed by atoms with Gasteiger partial charge < -0.3 is 10.6 Å². The Balaban J connectivity index is 2.05. The molecule has 0 aromatic heterocycles. The molecule has 0 bridgehead atoms. The van der Waals surface area contributed by atoms with E-state index in [1.165, 1.54) is 13.0 Å². The van der Waals surface area contributed by atoms with Crippen LogP contribution in [0.1, 0.15) is 12.0 Å². The van der Waals surface area contributed by atoms with Crippen LogP contribution in [0.3, 0.4) is 0 Å². The summed E-state index contributed by atoms with van der Waals surface area (Å²) in [4.78, 5) is 4.80. The van der Waals surface area contributed by atoms with Crippen molar-refractivity contribution in [2.75, 3.05) is 39.0 Å². The monoisotopic (exact) mass is 253 g/mol. The summed E-state index contributed by atoms with van der Waals surface area (Å²) in [5.74, 6) is 0. The molecule has 0 radical (unpaired) electrons. The van der Waals surface area contributed by atoms with Crippen LogP contribution in [0.5, 0.6) is 0 Å². The summed E-state index contributed by atoms with van der Waals surface area (Å²) in [6.45, 7) is 5.36. The molecular weight excluding hydrogens is 234 g/mol. The molecule has 3 nitrogen and oxygen atoms in total. The third-order valence-electron chi connectivity index (χ3n) is 3.35. The fraction of sp³-hybridized carbons (Fsp3) is 0.538. The highest BCUT2D eigenvalue weighted by Crippen LogP contribution is 2.23. The fourth-order valence-corrected chi connectivity index (χ4v) is 2.47. The van der Waals surface area contributed by atoms with Crippen LogP contribution in [0.2, 0.25) is 5.02 Å². The molecule has 4 heteroatoms. The molecule has 0 aliphatic carbocycles. The molecule has 0 atom stereocenters. The van der Waals surface area contributed by atoms with Gasteiger partial charge >= 0.3 is 0 Å². The van der Waals surface area contributed by atoms with Crippen LogP contribution in [0, 0.1) is 0 Å². The molecule has 1 aromatic rings. The van der Waals surface area contributed by atoms with Crippen LogP contribution < -0.4 is 5.73 Å². The normalized spacial score (nSPS) is 19.2. The number of hydrogen-bond acceptors (Lipinski definition) is 3. The Morgan fingerprint density at radius 1 is 1.24 bits per heavy atom. The van der Waals surface area contributed by atoms with Crippen LogP contribution in [0.25, 0.3) is 0 Å². The number of hydrogen-bond donors (Lipinski definition) is 1. The predicted octanol–water partition coefficient (Wildman–Crippen LogP) is 2.06. The maximum absolute atomic E-state index is 6.20. The lowest BCUT2D eigenvalue weighted by atomic mass is 10.1. The Morgan fingerprint density at radius 2 is 2.06 bits per heavy atom. The number of rotatable bonds is 2. The van der Waals surface area contributed by atoms with Crippen LogP contribution in [0.4, 0.5) is 5.69 Å². The van der Waals surface area contributed by atoms with E-state index in [2.05, 4.69) is 16.8 Å². The first-order valence-electron chi connectivity index (χ1n) is 6.10. The molecule has 0 unspecified atom stereocenters. The highest BCUT2D eigenvalue weighted by molar-refractivity contribution is 6.31. The van der Waals surface area contributed by atoms with E-state index in [9.17, 15) is 0 Å². The van der Waals surface area contributed by atoms with Crippen molar-refractivity contribution in [1.29, 1.82) is 0 Å². The van der Waals surface area contributed by atoms with E-state index in [1.807, 2.05) is 18.2 Å². The summed E-state index contributed by atoms with van der Waals surface area (Å²) in [5, 5.41) is 0.780. The Kier molecular flexibility index (Phi) is 4.26. The molecule has 1 aromatic carbocycles.